The largest absolute Gasteiger partial charge is 0.386 e. The fourth-order valence-corrected chi connectivity index (χ4v) is 2.90. The zero-order valence-electron chi connectivity index (χ0n) is 12.3. The maximum atomic E-state index is 9.54. The second-order valence-corrected chi connectivity index (χ2v) is 10.1. The van der Waals surface area contributed by atoms with Gasteiger partial charge in [-0.25, -0.2) is 0 Å². The highest BCUT2D eigenvalue weighted by atomic mass is 28.4. The summed E-state index contributed by atoms with van der Waals surface area (Å²) in [6.45, 7) is 6.25. The molecule has 0 fully saturated rings. The lowest BCUT2D eigenvalue weighted by Gasteiger charge is -2.36. The lowest BCUT2D eigenvalue weighted by Crippen LogP contribution is -2.50. The summed E-state index contributed by atoms with van der Waals surface area (Å²) in [4.78, 5) is 1.81. The Morgan fingerprint density at radius 3 is 2.21 bits per heavy atom. The van der Waals surface area contributed by atoms with E-state index in [4.69, 9.17) is 4.43 Å². The molecule has 102 valence electrons. The summed E-state index contributed by atoms with van der Waals surface area (Å²) in [7, 11) is 1.89. The Hall–Kier alpha value is -1.41. The molecule has 0 saturated heterocycles. The molecule has 0 saturated carbocycles. The van der Waals surface area contributed by atoms with Gasteiger partial charge in [0.15, 0.2) is 8.32 Å². The van der Waals surface area contributed by atoms with Crippen LogP contribution in [-0.2, 0) is 4.43 Å². The van der Waals surface area contributed by atoms with E-state index in [9.17, 15) is 5.26 Å². The smallest absolute Gasteiger partial charge is 0.221 e. The molecule has 1 unspecified atom stereocenters. The van der Waals surface area contributed by atoms with Gasteiger partial charge in [0.1, 0.15) is 6.07 Å². The van der Waals surface area contributed by atoms with Crippen LogP contribution in [0.2, 0.25) is 19.6 Å². The van der Waals surface area contributed by atoms with Crippen molar-refractivity contribution >= 4 is 14.4 Å². The third-order valence-corrected chi connectivity index (χ3v) is 3.51. The number of hydrogen-bond donors (Lipinski definition) is 0. The standard InChI is InChI=1S/C15H22N2OSi/c1-17(2)15(13-16,18-19(3,4)5)12-11-14-9-7-6-8-10-14/h6-12H,1-5H3/b12-11+. The number of rotatable bonds is 5. The first-order valence-corrected chi connectivity index (χ1v) is 9.73. The van der Waals surface area contributed by atoms with Crippen molar-refractivity contribution in [3.05, 3.63) is 42.0 Å². The van der Waals surface area contributed by atoms with Crippen molar-refractivity contribution in [3.8, 4) is 6.07 Å². The first kappa shape index (κ1) is 15.6. The summed E-state index contributed by atoms with van der Waals surface area (Å²) in [6, 6.07) is 12.2. The van der Waals surface area contributed by atoms with Crippen LogP contribution in [-0.4, -0.2) is 33.0 Å². The van der Waals surface area contributed by atoms with Crippen LogP contribution >= 0.6 is 0 Å². The quantitative estimate of drug-likeness (QED) is 0.610. The Balaban J connectivity index is 3.06. The van der Waals surface area contributed by atoms with Crippen molar-refractivity contribution < 1.29 is 4.43 Å². The van der Waals surface area contributed by atoms with Crippen molar-refractivity contribution in [2.75, 3.05) is 14.1 Å². The fourth-order valence-electron chi connectivity index (χ4n) is 1.67. The normalized spacial score (nSPS) is 15.4. The average Bonchev–Trinajstić information content (AvgIpc) is 2.34. The van der Waals surface area contributed by atoms with E-state index in [1.54, 1.807) is 0 Å². The summed E-state index contributed by atoms with van der Waals surface area (Å²) in [5.41, 5.74) is 0.0588. The topological polar surface area (TPSA) is 36.3 Å². The summed E-state index contributed by atoms with van der Waals surface area (Å²) in [5, 5.41) is 9.54. The Morgan fingerprint density at radius 2 is 1.79 bits per heavy atom. The lowest BCUT2D eigenvalue weighted by molar-refractivity contribution is 0.0326. The van der Waals surface area contributed by atoms with Crippen LogP contribution in [0.1, 0.15) is 5.56 Å². The van der Waals surface area contributed by atoms with E-state index in [0.29, 0.717) is 0 Å². The molecule has 0 aliphatic carbocycles. The molecule has 1 atom stereocenters. The molecule has 0 bridgehead atoms. The van der Waals surface area contributed by atoms with Crippen molar-refractivity contribution in [2.24, 2.45) is 0 Å². The highest BCUT2D eigenvalue weighted by Gasteiger charge is 2.36. The maximum Gasteiger partial charge on any atom is 0.221 e. The fraction of sp³-hybridized carbons (Fsp3) is 0.400. The summed E-state index contributed by atoms with van der Waals surface area (Å²) in [6.07, 6.45) is 3.77. The molecule has 19 heavy (non-hydrogen) atoms. The van der Waals surface area contributed by atoms with E-state index >= 15 is 0 Å². The molecule has 0 spiro atoms. The van der Waals surface area contributed by atoms with Crippen LogP contribution in [0.15, 0.2) is 36.4 Å². The van der Waals surface area contributed by atoms with Gasteiger partial charge < -0.3 is 4.43 Å². The van der Waals surface area contributed by atoms with E-state index < -0.39 is 14.0 Å². The second kappa shape index (κ2) is 6.16. The van der Waals surface area contributed by atoms with Crippen molar-refractivity contribution in [3.63, 3.8) is 0 Å². The molecule has 1 rings (SSSR count). The molecule has 1 aromatic rings. The zero-order valence-corrected chi connectivity index (χ0v) is 13.3. The third kappa shape index (κ3) is 4.64. The van der Waals surface area contributed by atoms with E-state index in [2.05, 4.69) is 25.7 Å². The van der Waals surface area contributed by atoms with E-state index in [0.717, 1.165) is 5.56 Å². The van der Waals surface area contributed by atoms with Gasteiger partial charge in [0.05, 0.1) is 0 Å². The van der Waals surface area contributed by atoms with E-state index in [1.807, 2.05) is 61.5 Å². The van der Waals surface area contributed by atoms with Crippen molar-refractivity contribution in [1.82, 2.24) is 4.90 Å². The average molecular weight is 274 g/mol. The predicted molar refractivity (Wildman–Crippen MR) is 81.9 cm³/mol. The maximum absolute atomic E-state index is 9.54. The first-order valence-electron chi connectivity index (χ1n) is 6.32. The number of nitrogens with zero attached hydrogens (tertiary/aromatic N) is 2. The van der Waals surface area contributed by atoms with Gasteiger partial charge in [0, 0.05) is 0 Å². The summed E-state index contributed by atoms with van der Waals surface area (Å²) in [5.74, 6) is 0. The predicted octanol–water partition coefficient (Wildman–Crippen LogP) is 3.33. The monoisotopic (exact) mass is 274 g/mol. The number of likely N-dealkylation sites (N-methyl/N-ethyl adjacent to an activating group) is 1. The molecule has 0 aliphatic heterocycles. The number of nitriles is 1. The van der Waals surface area contributed by atoms with Gasteiger partial charge >= 0.3 is 0 Å². The molecule has 1 aromatic carbocycles. The van der Waals surface area contributed by atoms with Crippen LogP contribution in [0.4, 0.5) is 0 Å². The number of hydrogen-bond acceptors (Lipinski definition) is 3. The van der Waals surface area contributed by atoms with E-state index in [1.165, 1.54) is 0 Å². The van der Waals surface area contributed by atoms with Crippen molar-refractivity contribution in [2.45, 2.75) is 25.4 Å². The molecular formula is C15H22N2OSi. The van der Waals surface area contributed by atoms with Crippen LogP contribution < -0.4 is 0 Å². The Labute approximate surface area is 117 Å². The molecule has 3 nitrogen and oxygen atoms in total. The van der Waals surface area contributed by atoms with Gasteiger partial charge in [-0.3, -0.25) is 4.90 Å². The Morgan fingerprint density at radius 1 is 1.21 bits per heavy atom. The Kier molecular flexibility index (Phi) is 5.07. The van der Waals surface area contributed by atoms with Crippen LogP contribution in [0.5, 0.6) is 0 Å². The SMILES string of the molecule is CN(C)C(C#N)(/C=C/c1ccccc1)O[Si](C)(C)C. The third-order valence-electron chi connectivity index (χ3n) is 2.59. The minimum Gasteiger partial charge on any atom is -0.386 e. The lowest BCUT2D eigenvalue weighted by atomic mass is 10.1. The van der Waals surface area contributed by atoms with Gasteiger partial charge in [-0.15, -0.1) is 0 Å². The Bertz CT molecular complexity index is 471. The highest BCUT2D eigenvalue weighted by molar-refractivity contribution is 6.69. The van der Waals surface area contributed by atoms with Gasteiger partial charge in [-0.05, 0) is 45.4 Å². The number of benzene rings is 1. The molecular weight excluding hydrogens is 252 g/mol. The van der Waals surface area contributed by atoms with Gasteiger partial charge in [0.25, 0.3) is 0 Å². The van der Waals surface area contributed by atoms with E-state index in [-0.39, 0.29) is 0 Å². The minimum absolute atomic E-state index is 1.000. The molecule has 0 aliphatic rings. The van der Waals surface area contributed by atoms with Crippen LogP contribution in [0.25, 0.3) is 6.08 Å². The molecule has 0 heterocycles. The van der Waals surface area contributed by atoms with Gasteiger partial charge in [0.2, 0.25) is 5.72 Å². The van der Waals surface area contributed by atoms with Crippen LogP contribution in [0, 0.1) is 11.3 Å². The van der Waals surface area contributed by atoms with Crippen molar-refractivity contribution in [1.29, 1.82) is 5.26 Å². The molecule has 0 aromatic heterocycles. The second-order valence-electron chi connectivity index (χ2n) is 5.66. The molecule has 0 amide bonds. The molecule has 0 N–H and O–H groups in total. The molecule has 4 heteroatoms. The summed E-state index contributed by atoms with van der Waals surface area (Å²) < 4.78 is 6.07. The van der Waals surface area contributed by atoms with Crippen LogP contribution in [0.3, 0.4) is 0 Å². The summed E-state index contributed by atoms with van der Waals surface area (Å²) >= 11 is 0. The first-order chi connectivity index (χ1) is 8.79. The highest BCUT2D eigenvalue weighted by Crippen LogP contribution is 2.22. The molecule has 0 radical (unpaired) electrons. The van der Waals surface area contributed by atoms with Gasteiger partial charge in [-0.2, -0.15) is 5.26 Å². The van der Waals surface area contributed by atoms with Gasteiger partial charge in [-0.1, -0.05) is 36.4 Å². The minimum atomic E-state index is -1.83. The zero-order chi connectivity index (χ0) is 14.5.